The van der Waals surface area contributed by atoms with Gasteiger partial charge in [-0.05, 0) is 73.6 Å². The van der Waals surface area contributed by atoms with E-state index in [1.54, 1.807) is 0 Å². The van der Waals surface area contributed by atoms with Gasteiger partial charge in [-0.3, -0.25) is 0 Å². The molecular formula is C25H45NO3. The first-order valence-electron chi connectivity index (χ1n) is 11.5. The summed E-state index contributed by atoms with van der Waals surface area (Å²) in [5, 5.41) is 33.8. The number of nitrogens with one attached hydrogen (secondary N) is 1. The first kappa shape index (κ1) is 25.9. The van der Waals surface area contributed by atoms with Crippen molar-refractivity contribution < 1.29 is 15.3 Å². The molecule has 1 unspecified atom stereocenters. The van der Waals surface area contributed by atoms with Gasteiger partial charge in [0.1, 0.15) is 5.75 Å². The molecule has 0 aliphatic rings. The summed E-state index contributed by atoms with van der Waals surface area (Å²) >= 11 is 0. The summed E-state index contributed by atoms with van der Waals surface area (Å²) in [4.78, 5) is 0. The number of unbranched alkanes of at least 4 members (excludes halogenated alkanes) is 1. The van der Waals surface area contributed by atoms with Gasteiger partial charge < -0.3 is 20.6 Å². The van der Waals surface area contributed by atoms with Gasteiger partial charge >= 0.3 is 0 Å². The monoisotopic (exact) mass is 407 g/mol. The quantitative estimate of drug-likeness (QED) is 0.334. The molecule has 1 aromatic rings. The van der Waals surface area contributed by atoms with Gasteiger partial charge in [-0.25, -0.2) is 0 Å². The highest BCUT2D eigenvalue weighted by atomic mass is 16.3. The van der Waals surface area contributed by atoms with Crippen LogP contribution in [0.25, 0.3) is 0 Å². The second-order valence-corrected chi connectivity index (χ2v) is 9.69. The Morgan fingerprint density at radius 2 is 1.55 bits per heavy atom. The summed E-state index contributed by atoms with van der Waals surface area (Å²) in [6.07, 6.45) is 5.40. The fraction of sp³-hybridized carbons (Fsp3) is 0.760. The van der Waals surface area contributed by atoms with Crippen molar-refractivity contribution in [3.63, 3.8) is 0 Å². The van der Waals surface area contributed by atoms with Crippen LogP contribution in [0.15, 0.2) is 12.1 Å². The SMILES string of the molecule is CCC(C)(C)c1cc(CC(O)CCCNCCCCO)c(O)c(C(C)(C)CC)c1. The number of rotatable bonds is 14. The summed E-state index contributed by atoms with van der Waals surface area (Å²) in [6.45, 7) is 15.2. The maximum Gasteiger partial charge on any atom is 0.122 e. The second-order valence-electron chi connectivity index (χ2n) is 9.69. The van der Waals surface area contributed by atoms with Gasteiger partial charge in [-0.15, -0.1) is 0 Å². The predicted octanol–water partition coefficient (Wildman–Crippen LogP) is 4.81. The summed E-state index contributed by atoms with van der Waals surface area (Å²) in [5.41, 5.74) is 3.02. The Bertz CT molecular complexity index is 610. The van der Waals surface area contributed by atoms with E-state index >= 15 is 0 Å². The first-order chi connectivity index (χ1) is 13.6. The molecule has 1 aromatic carbocycles. The average Bonchev–Trinajstić information content (AvgIpc) is 2.68. The Morgan fingerprint density at radius 3 is 2.14 bits per heavy atom. The van der Waals surface area contributed by atoms with E-state index < -0.39 is 6.10 Å². The number of benzene rings is 1. The number of hydrogen-bond donors (Lipinski definition) is 4. The molecule has 0 saturated carbocycles. The van der Waals surface area contributed by atoms with Crippen LogP contribution in [-0.4, -0.2) is 41.1 Å². The molecule has 0 fully saturated rings. The number of aromatic hydroxyl groups is 1. The Labute approximate surface area is 178 Å². The standard InChI is InChI=1S/C25H45NO3/c1-7-24(3,4)20-16-19(23(29)22(18-20)25(5,6)8-2)17-21(28)12-11-14-26-13-9-10-15-27/h16,18,21,26-29H,7-15,17H2,1-6H3. The minimum Gasteiger partial charge on any atom is -0.507 e. The molecule has 0 saturated heterocycles. The van der Waals surface area contributed by atoms with Crippen LogP contribution in [0.4, 0.5) is 0 Å². The molecular weight excluding hydrogens is 362 g/mol. The highest BCUT2D eigenvalue weighted by Gasteiger charge is 2.28. The molecule has 1 rings (SSSR count). The Balaban J connectivity index is 2.88. The maximum absolute atomic E-state index is 11.0. The molecule has 0 aliphatic heterocycles. The second kappa shape index (κ2) is 11.9. The van der Waals surface area contributed by atoms with Gasteiger partial charge in [-0.2, -0.15) is 0 Å². The molecule has 0 aromatic heterocycles. The zero-order chi connectivity index (χ0) is 22.1. The van der Waals surface area contributed by atoms with Crippen molar-refractivity contribution in [3.8, 4) is 5.75 Å². The van der Waals surface area contributed by atoms with Crippen LogP contribution < -0.4 is 5.32 Å². The number of aliphatic hydroxyl groups is 2. The van der Waals surface area contributed by atoms with Crippen LogP contribution >= 0.6 is 0 Å². The van der Waals surface area contributed by atoms with Gasteiger partial charge in [-0.1, -0.05) is 53.7 Å². The van der Waals surface area contributed by atoms with Crippen LogP contribution in [0.3, 0.4) is 0 Å². The third-order valence-corrected chi connectivity index (χ3v) is 6.58. The minimum absolute atomic E-state index is 0.0322. The van der Waals surface area contributed by atoms with Gasteiger partial charge in [0.15, 0.2) is 0 Å². The molecule has 0 amide bonds. The van der Waals surface area contributed by atoms with Crippen molar-refractivity contribution in [1.29, 1.82) is 0 Å². The minimum atomic E-state index is -0.460. The molecule has 0 heterocycles. The van der Waals surface area contributed by atoms with Crippen molar-refractivity contribution in [2.45, 2.75) is 103 Å². The van der Waals surface area contributed by atoms with Gasteiger partial charge in [0.05, 0.1) is 6.10 Å². The van der Waals surface area contributed by atoms with Gasteiger partial charge in [0, 0.05) is 18.6 Å². The van der Waals surface area contributed by atoms with Gasteiger partial charge in [0.2, 0.25) is 0 Å². The Hall–Kier alpha value is -1.10. The van der Waals surface area contributed by atoms with E-state index in [2.05, 4.69) is 59.0 Å². The molecule has 4 nitrogen and oxygen atoms in total. The van der Waals surface area contributed by atoms with E-state index in [0.29, 0.717) is 18.6 Å². The lowest BCUT2D eigenvalue weighted by Crippen LogP contribution is -2.22. The molecule has 168 valence electrons. The topological polar surface area (TPSA) is 72.7 Å². The fourth-order valence-electron chi connectivity index (χ4n) is 3.46. The van der Waals surface area contributed by atoms with Crippen LogP contribution in [0.2, 0.25) is 0 Å². The third-order valence-electron chi connectivity index (χ3n) is 6.58. The smallest absolute Gasteiger partial charge is 0.122 e. The van der Waals surface area contributed by atoms with Crippen molar-refractivity contribution in [3.05, 3.63) is 28.8 Å². The summed E-state index contributed by atoms with van der Waals surface area (Å²) in [5.74, 6) is 0.355. The third kappa shape index (κ3) is 7.92. The van der Waals surface area contributed by atoms with E-state index in [4.69, 9.17) is 5.11 Å². The molecule has 0 bridgehead atoms. The van der Waals surface area contributed by atoms with Crippen molar-refractivity contribution in [2.24, 2.45) is 0 Å². The number of aliphatic hydroxyl groups excluding tert-OH is 2. The van der Waals surface area contributed by atoms with Crippen LogP contribution in [-0.2, 0) is 17.3 Å². The number of phenolic OH excluding ortho intramolecular Hbond substituents is 1. The van der Waals surface area contributed by atoms with Gasteiger partial charge in [0.25, 0.3) is 0 Å². The van der Waals surface area contributed by atoms with Crippen molar-refractivity contribution in [2.75, 3.05) is 19.7 Å². The highest BCUT2D eigenvalue weighted by Crippen LogP contribution is 2.40. The van der Waals surface area contributed by atoms with Crippen LogP contribution in [0.5, 0.6) is 5.75 Å². The zero-order valence-corrected chi connectivity index (χ0v) is 19.6. The van der Waals surface area contributed by atoms with E-state index in [1.807, 2.05) is 0 Å². The molecule has 0 radical (unpaired) electrons. The predicted molar refractivity (Wildman–Crippen MR) is 123 cm³/mol. The fourth-order valence-corrected chi connectivity index (χ4v) is 3.46. The van der Waals surface area contributed by atoms with E-state index in [9.17, 15) is 10.2 Å². The molecule has 0 spiro atoms. The summed E-state index contributed by atoms with van der Waals surface area (Å²) < 4.78 is 0. The number of hydrogen-bond acceptors (Lipinski definition) is 4. The maximum atomic E-state index is 11.0. The van der Waals surface area contributed by atoms with E-state index in [1.165, 1.54) is 5.56 Å². The molecule has 4 heteroatoms. The van der Waals surface area contributed by atoms with Crippen molar-refractivity contribution >= 4 is 0 Å². The highest BCUT2D eigenvalue weighted by molar-refractivity contribution is 5.49. The lowest BCUT2D eigenvalue weighted by Gasteiger charge is -2.31. The van der Waals surface area contributed by atoms with Crippen molar-refractivity contribution in [1.82, 2.24) is 5.32 Å². The first-order valence-corrected chi connectivity index (χ1v) is 11.5. The molecule has 4 N–H and O–H groups in total. The molecule has 0 aliphatic carbocycles. The summed E-state index contributed by atoms with van der Waals surface area (Å²) in [7, 11) is 0. The zero-order valence-electron chi connectivity index (χ0n) is 19.6. The van der Waals surface area contributed by atoms with Crippen LogP contribution in [0, 0.1) is 0 Å². The number of phenols is 1. The largest absolute Gasteiger partial charge is 0.507 e. The lowest BCUT2D eigenvalue weighted by molar-refractivity contribution is 0.160. The van der Waals surface area contributed by atoms with E-state index in [-0.39, 0.29) is 17.4 Å². The van der Waals surface area contributed by atoms with E-state index in [0.717, 1.165) is 56.3 Å². The van der Waals surface area contributed by atoms with Crippen LogP contribution in [0.1, 0.15) is 96.8 Å². The average molecular weight is 408 g/mol. The Kier molecular flexibility index (Phi) is 10.7. The Morgan fingerprint density at radius 1 is 0.931 bits per heavy atom. The lowest BCUT2D eigenvalue weighted by atomic mass is 9.75. The normalized spacial score (nSPS) is 13.7. The molecule has 29 heavy (non-hydrogen) atoms. The summed E-state index contributed by atoms with van der Waals surface area (Å²) in [6, 6.07) is 4.28. The molecule has 1 atom stereocenters.